The third kappa shape index (κ3) is 6.43. The van der Waals surface area contributed by atoms with Crippen LogP contribution in [0.3, 0.4) is 0 Å². The Bertz CT molecular complexity index is 898. The SMILES string of the molecule is Cc1ccc(CN(C(=O)Cc2ccc(C)c(C)c2)[C@H](C)C(=O)NC2CCCCC2)cc1. The van der Waals surface area contributed by atoms with Crippen molar-refractivity contribution in [2.75, 3.05) is 0 Å². The number of hydrogen-bond donors (Lipinski definition) is 1. The van der Waals surface area contributed by atoms with Gasteiger partial charge in [-0.05, 0) is 62.8 Å². The van der Waals surface area contributed by atoms with E-state index in [0.29, 0.717) is 13.0 Å². The molecular weight excluding hydrogens is 384 g/mol. The lowest BCUT2D eigenvalue weighted by Gasteiger charge is -2.31. The number of nitrogens with one attached hydrogen (secondary N) is 1. The van der Waals surface area contributed by atoms with E-state index in [1.165, 1.54) is 23.1 Å². The molecule has 0 saturated heterocycles. The minimum absolute atomic E-state index is 0.0184. The van der Waals surface area contributed by atoms with Crippen LogP contribution in [0.4, 0.5) is 0 Å². The monoisotopic (exact) mass is 420 g/mol. The van der Waals surface area contributed by atoms with Gasteiger partial charge in [-0.25, -0.2) is 0 Å². The van der Waals surface area contributed by atoms with Crippen LogP contribution in [0.1, 0.15) is 66.8 Å². The molecule has 3 rings (SSSR count). The second-order valence-corrected chi connectivity index (χ2v) is 9.12. The number of rotatable bonds is 7. The Balaban J connectivity index is 1.76. The highest BCUT2D eigenvalue weighted by Gasteiger charge is 2.28. The maximum Gasteiger partial charge on any atom is 0.242 e. The lowest BCUT2D eigenvalue weighted by atomic mass is 9.95. The molecule has 31 heavy (non-hydrogen) atoms. The quantitative estimate of drug-likeness (QED) is 0.684. The van der Waals surface area contributed by atoms with Gasteiger partial charge in [0.2, 0.25) is 11.8 Å². The fraction of sp³-hybridized carbons (Fsp3) is 0.481. The second kappa shape index (κ2) is 10.6. The van der Waals surface area contributed by atoms with Gasteiger partial charge < -0.3 is 10.2 Å². The highest BCUT2D eigenvalue weighted by atomic mass is 16.2. The molecular formula is C27H36N2O2. The van der Waals surface area contributed by atoms with Crippen molar-refractivity contribution in [3.8, 4) is 0 Å². The van der Waals surface area contributed by atoms with E-state index in [2.05, 4.69) is 31.3 Å². The number of hydrogen-bond acceptors (Lipinski definition) is 2. The van der Waals surface area contributed by atoms with Crippen LogP contribution in [0.15, 0.2) is 42.5 Å². The first-order valence-electron chi connectivity index (χ1n) is 11.5. The predicted molar refractivity (Wildman–Crippen MR) is 126 cm³/mol. The van der Waals surface area contributed by atoms with Gasteiger partial charge >= 0.3 is 0 Å². The van der Waals surface area contributed by atoms with Crippen molar-refractivity contribution in [3.05, 3.63) is 70.3 Å². The molecule has 2 amide bonds. The van der Waals surface area contributed by atoms with Crippen molar-refractivity contribution in [3.63, 3.8) is 0 Å². The zero-order valence-electron chi connectivity index (χ0n) is 19.4. The van der Waals surface area contributed by atoms with E-state index < -0.39 is 6.04 Å². The van der Waals surface area contributed by atoms with Crippen LogP contribution >= 0.6 is 0 Å². The van der Waals surface area contributed by atoms with E-state index in [1.54, 1.807) is 4.90 Å². The fourth-order valence-electron chi connectivity index (χ4n) is 4.23. The molecule has 1 atom stereocenters. The standard InChI is InChI=1S/C27H36N2O2/c1-19-10-13-23(14-11-19)18-29(22(4)27(31)28-25-8-6-5-7-9-25)26(30)17-24-15-12-20(2)21(3)16-24/h10-16,22,25H,5-9,17-18H2,1-4H3,(H,28,31)/t22-/m1/s1. The molecule has 1 saturated carbocycles. The maximum atomic E-state index is 13.4. The van der Waals surface area contributed by atoms with Crippen molar-refractivity contribution >= 4 is 11.8 Å². The summed E-state index contributed by atoms with van der Waals surface area (Å²) in [5.41, 5.74) is 5.60. The van der Waals surface area contributed by atoms with E-state index in [1.807, 2.05) is 44.2 Å². The average Bonchev–Trinajstić information content (AvgIpc) is 2.76. The lowest BCUT2D eigenvalue weighted by molar-refractivity contribution is -0.140. The third-order valence-corrected chi connectivity index (χ3v) is 6.52. The zero-order valence-corrected chi connectivity index (χ0v) is 19.4. The van der Waals surface area contributed by atoms with Gasteiger partial charge in [-0.3, -0.25) is 9.59 Å². The Morgan fingerprint density at radius 3 is 2.23 bits per heavy atom. The summed E-state index contributed by atoms with van der Waals surface area (Å²) < 4.78 is 0. The summed E-state index contributed by atoms with van der Waals surface area (Å²) in [6.07, 6.45) is 5.94. The Morgan fingerprint density at radius 2 is 1.58 bits per heavy atom. The van der Waals surface area contributed by atoms with Gasteiger partial charge in [0.05, 0.1) is 6.42 Å². The van der Waals surface area contributed by atoms with Crippen molar-refractivity contribution in [2.24, 2.45) is 0 Å². The van der Waals surface area contributed by atoms with Gasteiger partial charge in [0.25, 0.3) is 0 Å². The van der Waals surface area contributed by atoms with Gasteiger partial charge in [0.15, 0.2) is 0 Å². The molecule has 0 spiro atoms. The van der Waals surface area contributed by atoms with Gasteiger partial charge in [0.1, 0.15) is 6.04 Å². The van der Waals surface area contributed by atoms with E-state index in [-0.39, 0.29) is 17.9 Å². The maximum absolute atomic E-state index is 13.4. The number of benzene rings is 2. The summed E-state index contributed by atoms with van der Waals surface area (Å²) in [6, 6.07) is 14.0. The molecule has 1 aliphatic carbocycles. The molecule has 1 N–H and O–H groups in total. The topological polar surface area (TPSA) is 49.4 Å². The van der Waals surface area contributed by atoms with Crippen molar-refractivity contribution < 1.29 is 9.59 Å². The number of aryl methyl sites for hydroxylation is 3. The molecule has 2 aromatic carbocycles. The normalized spacial score (nSPS) is 15.4. The van der Waals surface area contributed by atoms with Crippen molar-refractivity contribution in [1.29, 1.82) is 0 Å². The molecule has 1 aliphatic rings. The van der Waals surface area contributed by atoms with E-state index in [4.69, 9.17) is 0 Å². The van der Waals surface area contributed by atoms with E-state index >= 15 is 0 Å². The van der Waals surface area contributed by atoms with E-state index in [9.17, 15) is 9.59 Å². The summed E-state index contributed by atoms with van der Waals surface area (Å²) in [5.74, 6) is -0.0671. The van der Waals surface area contributed by atoms with E-state index in [0.717, 1.165) is 36.8 Å². The van der Waals surface area contributed by atoms with Crippen LogP contribution in [-0.4, -0.2) is 28.8 Å². The van der Waals surface area contributed by atoms with Crippen LogP contribution in [0.5, 0.6) is 0 Å². The number of nitrogens with zero attached hydrogens (tertiary/aromatic N) is 1. The molecule has 0 unspecified atom stereocenters. The fourth-order valence-corrected chi connectivity index (χ4v) is 4.23. The summed E-state index contributed by atoms with van der Waals surface area (Å²) in [6.45, 7) is 8.47. The molecule has 166 valence electrons. The van der Waals surface area contributed by atoms with Crippen molar-refractivity contribution in [1.82, 2.24) is 10.2 Å². The van der Waals surface area contributed by atoms with Crippen LogP contribution < -0.4 is 5.32 Å². The Labute approximate surface area is 187 Å². The first kappa shape index (κ1) is 23.1. The molecule has 1 fully saturated rings. The Morgan fingerprint density at radius 1 is 0.935 bits per heavy atom. The van der Waals surface area contributed by atoms with Gasteiger partial charge in [-0.1, -0.05) is 67.3 Å². The second-order valence-electron chi connectivity index (χ2n) is 9.12. The molecule has 4 nitrogen and oxygen atoms in total. The molecule has 2 aromatic rings. The lowest BCUT2D eigenvalue weighted by Crippen LogP contribution is -2.50. The van der Waals surface area contributed by atoms with Crippen LogP contribution in [0, 0.1) is 20.8 Å². The minimum atomic E-state index is -0.512. The number of carbonyl (C=O) groups is 2. The predicted octanol–water partition coefficient (Wildman–Crippen LogP) is 5.02. The molecule has 4 heteroatoms. The number of carbonyl (C=O) groups excluding carboxylic acids is 2. The van der Waals surface area contributed by atoms with Crippen molar-refractivity contribution in [2.45, 2.75) is 84.8 Å². The minimum Gasteiger partial charge on any atom is -0.352 e. The summed E-state index contributed by atoms with van der Waals surface area (Å²) in [5, 5.41) is 3.20. The smallest absolute Gasteiger partial charge is 0.242 e. The molecule has 0 aliphatic heterocycles. The molecule has 0 aromatic heterocycles. The molecule has 0 radical (unpaired) electrons. The highest BCUT2D eigenvalue weighted by Crippen LogP contribution is 2.19. The van der Waals surface area contributed by atoms with Gasteiger partial charge in [0, 0.05) is 12.6 Å². The zero-order chi connectivity index (χ0) is 22.4. The number of amides is 2. The van der Waals surface area contributed by atoms with Gasteiger partial charge in [-0.15, -0.1) is 0 Å². The largest absolute Gasteiger partial charge is 0.352 e. The third-order valence-electron chi connectivity index (χ3n) is 6.52. The van der Waals surface area contributed by atoms with Crippen LogP contribution in [-0.2, 0) is 22.6 Å². The summed E-state index contributed by atoms with van der Waals surface area (Å²) in [7, 11) is 0. The first-order chi connectivity index (χ1) is 14.8. The summed E-state index contributed by atoms with van der Waals surface area (Å²) >= 11 is 0. The van der Waals surface area contributed by atoms with Crippen LogP contribution in [0.25, 0.3) is 0 Å². The van der Waals surface area contributed by atoms with Crippen LogP contribution in [0.2, 0.25) is 0 Å². The Hall–Kier alpha value is -2.62. The highest BCUT2D eigenvalue weighted by molar-refractivity contribution is 5.88. The molecule has 0 heterocycles. The first-order valence-corrected chi connectivity index (χ1v) is 11.5. The Kier molecular flexibility index (Phi) is 7.89. The average molecular weight is 421 g/mol. The summed E-state index contributed by atoms with van der Waals surface area (Å²) in [4.78, 5) is 28.1. The van der Waals surface area contributed by atoms with Gasteiger partial charge in [-0.2, -0.15) is 0 Å². The molecule has 0 bridgehead atoms.